The quantitative estimate of drug-likeness (QED) is 0.665. The van der Waals surface area contributed by atoms with Gasteiger partial charge in [0.15, 0.2) is 11.1 Å². The third kappa shape index (κ3) is 1.89. The summed E-state index contributed by atoms with van der Waals surface area (Å²) in [7, 11) is 0. The Balaban J connectivity index is 2.48. The van der Waals surface area contributed by atoms with Gasteiger partial charge in [0, 0.05) is 6.42 Å². The Morgan fingerprint density at radius 1 is 1.22 bits per heavy atom. The summed E-state index contributed by atoms with van der Waals surface area (Å²) in [5.74, 6) is -5.46. The van der Waals surface area contributed by atoms with E-state index in [9.17, 15) is 17.4 Å². The molecule has 2 rings (SSSR count). The third-order valence-corrected chi connectivity index (χ3v) is 4.03. The highest BCUT2D eigenvalue weighted by Crippen LogP contribution is 2.50. The van der Waals surface area contributed by atoms with E-state index in [1.165, 1.54) is 24.3 Å². The van der Waals surface area contributed by atoms with Crippen LogP contribution in [0.2, 0.25) is 0 Å². The van der Waals surface area contributed by atoms with Crippen LogP contribution in [0.4, 0.5) is 13.2 Å². The van der Waals surface area contributed by atoms with Gasteiger partial charge in [0.25, 0.3) is 5.00 Å². The number of allylic oxidation sites excluding steroid dienone is 2. The van der Waals surface area contributed by atoms with Crippen LogP contribution in [-0.4, -0.2) is 19.7 Å². The van der Waals surface area contributed by atoms with E-state index in [-0.39, 0.29) is 5.56 Å². The standard InChI is InChI=1S/C12H11F3O2S/c13-11(18(16)17)8-4-7-10(12(11,14)15)9-5-2-1-3-6-9/h1-7,10H,8H2,(H,16,17). The van der Waals surface area contributed by atoms with Gasteiger partial charge in [-0.25, -0.2) is 17.4 Å². The first-order valence-electron chi connectivity index (χ1n) is 5.29. The molecule has 0 saturated carbocycles. The topological polar surface area (TPSA) is 37.3 Å². The second-order valence-electron chi connectivity index (χ2n) is 4.12. The summed E-state index contributed by atoms with van der Waals surface area (Å²) < 4.78 is 61.9. The minimum absolute atomic E-state index is 0.214. The molecule has 0 bridgehead atoms. The number of benzene rings is 1. The van der Waals surface area contributed by atoms with Crippen LogP contribution in [0.25, 0.3) is 0 Å². The summed E-state index contributed by atoms with van der Waals surface area (Å²) in [5, 5.41) is -3.44. The molecule has 1 aromatic carbocycles. The van der Waals surface area contributed by atoms with Crippen molar-refractivity contribution in [1.82, 2.24) is 0 Å². The van der Waals surface area contributed by atoms with E-state index in [2.05, 4.69) is 0 Å². The first-order valence-corrected chi connectivity index (χ1v) is 6.39. The maximum absolute atomic E-state index is 14.1. The SMILES string of the molecule is O=S(O)C1(F)CC=CC(c2ccccc2)C1(F)F. The van der Waals surface area contributed by atoms with Crippen molar-refractivity contribution in [2.24, 2.45) is 0 Å². The van der Waals surface area contributed by atoms with Gasteiger partial charge in [-0.05, 0) is 5.56 Å². The Hall–Kier alpha value is -1.14. The van der Waals surface area contributed by atoms with Gasteiger partial charge in [-0.3, -0.25) is 0 Å². The predicted molar refractivity (Wildman–Crippen MR) is 62.5 cm³/mol. The highest BCUT2D eigenvalue weighted by Gasteiger charge is 2.64. The molecule has 0 fully saturated rings. The molecule has 0 spiro atoms. The lowest BCUT2D eigenvalue weighted by molar-refractivity contribution is -0.109. The number of alkyl halides is 3. The first kappa shape index (κ1) is 13.3. The zero-order valence-corrected chi connectivity index (χ0v) is 10.0. The van der Waals surface area contributed by atoms with Crippen LogP contribution >= 0.6 is 0 Å². The zero-order valence-electron chi connectivity index (χ0n) is 9.22. The molecule has 2 nitrogen and oxygen atoms in total. The van der Waals surface area contributed by atoms with Crippen LogP contribution in [0.1, 0.15) is 17.9 Å². The molecular weight excluding hydrogens is 265 g/mol. The van der Waals surface area contributed by atoms with Crippen molar-refractivity contribution < 1.29 is 21.9 Å². The lowest BCUT2D eigenvalue weighted by Gasteiger charge is -2.37. The number of hydrogen-bond donors (Lipinski definition) is 1. The molecule has 0 radical (unpaired) electrons. The molecule has 1 aromatic rings. The van der Waals surface area contributed by atoms with E-state index in [0.29, 0.717) is 0 Å². The fourth-order valence-corrected chi connectivity index (χ4v) is 2.61. The molecular formula is C12H11F3O2S. The van der Waals surface area contributed by atoms with Gasteiger partial charge < -0.3 is 4.55 Å². The van der Waals surface area contributed by atoms with Gasteiger partial charge in [0.1, 0.15) is 0 Å². The Morgan fingerprint density at radius 3 is 2.39 bits per heavy atom. The smallest absolute Gasteiger partial charge is 0.303 e. The van der Waals surface area contributed by atoms with E-state index in [4.69, 9.17) is 4.55 Å². The Labute approximate surface area is 105 Å². The molecule has 0 saturated heterocycles. The zero-order chi connectivity index (χ0) is 13.4. The van der Waals surface area contributed by atoms with Crippen LogP contribution in [0.15, 0.2) is 42.5 Å². The Bertz CT molecular complexity index is 489. The maximum Gasteiger partial charge on any atom is 0.306 e. The van der Waals surface area contributed by atoms with Gasteiger partial charge in [0.2, 0.25) is 0 Å². The summed E-state index contributed by atoms with van der Waals surface area (Å²) in [6.07, 6.45) is 1.59. The fraction of sp³-hybridized carbons (Fsp3) is 0.333. The normalized spacial score (nSPS) is 32.1. The molecule has 0 amide bonds. The molecule has 6 heteroatoms. The maximum atomic E-state index is 14.1. The van der Waals surface area contributed by atoms with Crippen LogP contribution in [0, 0.1) is 0 Å². The molecule has 98 valence electrons. The molecule has 1 N–H and O–H groups in total. The minimum atomic E-state index is -3.93. The summed E-state index contributed by atoms with van der Waals surface area (Å²) >= 11 is -3.25. The van der Waals surface area contributed by atoms with Crippen LogP contribution in [0.5, 0.6) is 0 Å². The molecule has 0 heterocycles. The van der Waals surface area contributed by atoms with E-state index >= 15 is 0 Å². The van der Waals surface area contributed by atoms with Crippen molar-refractivity contribution >= 4 is 11.1 Å². The Kier molecular flexibility index (Phi) is 3.33. The summed E-state index contributed by atoms with van der Waals surface area (Å²) in [5.41, 5.74) is 0.214. The van der Waals surface area contributed by atoms with Crippen molar-refractivity contribution in [2.45, 2.75) is 23.3 Å². The van der Waals surface area contributed by atoms with E-state index in [1.54, 1.807) is 18.2 Å². The average Bonchev–Trinajstić information content (AvgIpc) is 2.33. The van der Waals surface area contributed by atoms with Crippen LogP contribution < -0.4 is 0 Å². The highest BCUT2D eigenvalue weighted by molar-refractivity contribution is 7.80. The van der Waals surface area contributed by atoms with Crippen molar-refractivity contribution in [3.8, 4) is 0 Å². The van der Waals surface area contributed by atoms with Gasteiger partial charge >= 0.3 is 5.92 Å². The largest absolute Gasteiger partial charge is 0.306 e. The number of hydrogen-bond acceptors (Lipinski definition) is 1. The average molecular weight is 276 g/mol. The van der Waals surface area contributed by atoms with Crippen molar-refractivity contribution in [2.75, 3.05) is 0 Å². The second kappa shape index (κ2) is 4.51. The van der Waals surface area contributed by atoms with E-state index < -0.39 is 34.3 Å². The van der Waals surface area contributed by atoms with Gasteiger partial charge in [-0.15, -0.1) is 0 Å². The third-order valence-electron chi connectivity index (χ3n) is 3.03. The Morgan fingerprint density at radius 2 is 1.83 bits per heavy atom. The molecule has 18 heavy (non-hydrogen) atoms. The minimum Gasteiger partial charge on any atom is -0.303 e. The number of rotatable bonds is 2. The van der Waals surface area contributed by atoms with Crippen molar-refractivity contribution in [3.63, 3.8) is 0 Å². The van der Waals surface area contributed by atoms with Crippen LogP contribution in [0.3, 0.4) is 0 Å². The fourth-order valence-electron chi connectivity index (χ4n) is 2.01. The van der Waals surface area contributed by atoms with E-state index in [0.717, 1.165) is 0 Å². The van der Waals surface area contributed by atoms with Gasteiger partial charge in [-0.1, -0.05) is 42.5 Å². The number of halogens is 3. The molecule has 0 aliphatic heterocycles. The molecule has 1 aliphatic carbocycles. The van der Waals surface area contributed by atoms with Gasteiger partial charge in [-0.2, -0.15) is 0 Å². The van der Waals surface area contributed by atoms with Crippen molar-refractivity contribution in [1.29, 1.82) is 0 Å². The molecule has 1 aliphatic rings. The highest BCUT2D eigenvalue weighted by atomic mass is 32.2. The lowest BCUT2D eigenvalue weighted by Crippen LogP contribution is -2.52. The monoisotopic (exact) mass is 276 g/mol. The summed E-state index contributed by atoms with van der Waals surface area (Å²) in [6, 6.07) is 7.65. The lowest BCUT2D eigenvalue weighted by atomic mass is 9.84. The first-order chi connectivity index (χ1) is 8.39. The van der Waals surface area contributed by atoms with Gasteiger partial charge in [0.05, 0.1) is 5.92 Å². The van der Waals surface area contributed by atoms with Crippen LogP contribution in [-0.2, 0) is 11.1 Å². The summed E-state index contributed by atoms with van der Waals surface area (Å²) in [4.78, 5) is 0. The predicted octanol–water partition coefficient (Wildman–Crippen LogP) is 3.25. The van der Waals surface area contributed by atoms with Crippen molar-refractivity contribution in [3.05, 3.63) is 48.0 Å². The molecule has 3 unspecified atom stereocenters. The summed E-state index contributed by atoms with van der Waals surface area (Å²) in [6.45, 7) is 0. The molecule has 3 atom stereocenters. The second-order valence-corrected chi connectivity index (χ2v) is 5.27. The van der Waals surface area contributed by atoms with E-state index in [1.807, 2.05) is 0 Å². The molecule has 0 aromatic heterocycles.